The van der Waals surface area contributed by atoms with Crippen LogP contribution in [0.3, 0.4) is 0 Å². The third kappa shape index (κ3) is 4.55. The minimum absolute atomic E-state index is 1.05. The Bertz CT molecular complexity index is 1570. The summed E-state index contributed by atoms with van der Waals surface area (Å²) in [7, 11) is 2.14. The smallest absolute Gasteiger partial charge is 0.0551 e. The van der Waals surface area contributed by atoms with E-state index in [0.717, 1.165) is 35.1 Å². The number of hydrogen-bond acceptors (Lipinski definition) is 4. The first-order valence-electron chi connectivity index (χ1n) is 12.4. The molecule has 178 valence electrons. The average Bonchev–Trinajstić information content (AvgIpc) is 3.59. The molecule has 4 aromatic carbocycles. The van der Waals surface area contributed by atoms with Gasteiger partial charge in [0.25, 0.3) is 0 Å². The van der Waals surface area contributed by atoms with Gasteiger partial charge in [-0.25, -0.2) is 0 Å². The summed E-state index contributed by atoms with van der Waals surface area (Å²) in [5.74, 6) is 15.9. The van der Waals surface area contributed by atoms with Gasteiger partial charge in [0.15, 0.2) is 0 Å². The Labute approximate surface area is 231 Å². The molecule has 3 aliphatic rings. The van der Waals surface area contributed by atoms with Crippen molar-refractivity contribution in [3.63, 3.8) is 0 Å². The van der Waals surface area contributed by atoms with Gasteiger partial charge in [-0.05, 0) is 96.8 Å². The Kier molecular flexibility index (Phi) is 5.98. The monoisotopic (exact) mass is 529 g/mol. The molecule has 4 aromatic rings. The van der Waals surface area contributed by atoms with E-state index >= 15 is 0 Å². The first kappa shape index (κ1) is 23.0. The molecule has 0 aromatic heterocycles. The number of rotatable bonds is 0. The predicted octanol–water partition coefficient (Wildman–Crippen LogP) is 8.02. The fraction of sp³-hybridized carbons (Fsp3) is 0.152. The van der Waals surface area contributed by atoms with Gasteiger partial charge in [-0.1, -0.05) is 35.4 Å². The summed E-state index contributed by atoms with van der Waals surface area (Å²) in [6.45, 7) is 0. The van der Waals surface area contributed by atoms with Crippen molar-refractivity contribution in [2.24, 2.45) is 0 Å². The minimum atomic E-state index is 1.05. The van der Waals surface area contributed by atoms with Crippen LogP contribution in [-0.4, -0.2) is 18.6 Å². The van der Waals surface area contributed by atoms with Crippen molar-refractivity contribution < 1.29 is 0 Å². The highest BCUT2D eigenvalue weighted by Gasteiger charge is 2.21. The maximum atomic E-state index is 3.40. The van der Waals surface area contributed by atoms with Crippen LogP contribution in [0.1, 0.15) is 33.4 Å². The van der Waals surface area contributed by atoms with Crippen molar-refractivity contribution in [2.75, 3.05) is 23.5 Å². The fourth-order valence-corrected chi connectivity index (χ4v) is 8.30. The molecule has 0 fully saturated rings. The molecule has 4 heteroatoms. The van der Waals surface area contributed by atoms with Gasteiger partial charge in [0.1, 0.15) is 0 Å². The van der Waals surface area contributed by atoms with Gasteiger partial charge < -0.3 is 4.90 Å². The predicted molar refractivity (Wildman–Crippen MR) is 159 cm³/mol. The van der Waals surface area contributed by atoms with Gasteiger partial charge in [-0.2, -0.15) is 0 Å². The lowest BCUT2D eigenvalue weighted by molar-refractivity contribution is 1.11. The zero-order valence-electron chi connectivity index (χ0n) is 20.4. The van der Waals surface area contributed by atoms with E-state index in [1.165, 1.54) is 53.6 Å². The summed E-state index contributed by atoms with van der Waals surface area (Å²) in [6, 6.07) is 26.3. The number of fused-ring (bicyclic) bond motifs is 4. The van der Waals surface area contributed by atoms with Gasteiger partial charge in [0.05, 0.1) is 11.4 Å². The molecule has 0 bridgehead atoms. The summed E-state index contributed by atoms with van der Waals surface area (Å²) in [4.78, 5) is 7.55. The number of thioether (sulfide) groups is 2. The second-order valence-corrected chi connectivity index (χ2v) is 12.7. The second-order valence-electron chi connectivity index (χ2n) is 9.37. The van der Waals surface area contributed by atoms with Gasteiger partial charge >= 0.3 is 0 Å². The SMILES string of the molecule is CN1c2ccc(C#Cc3ccc4c(c3)CCS4)cc2Sc2cc(C#Cc3ccc4c(c3)CCS4)ccc21. The van der Waals surface area contributed by atoms with Gasteiger partial charge in [-0.15, -0.1) is 23.5 Å². The van der Waals surface area contributed by atoms with E-state index in [2.05, 4.69) is 108 Å². The second kappa shape index (κ2) is 9.62. The van der Waals surface area contributed by atoms with Crippen molar-refractivity contribution in [3.8, 4) is 23.7 Å². The number of anilines is 2. The number of nitrogens with zero attached hydrogens (tertiary/aromatic N) is 1. The maximum Gasteiger partial charge on any atom is 0.0551 e. The van der Waals surface area contributed by atoms with Crippen molar-refractivity contribution in [2.45, 2.75) is 32.4 Å². The van der Waals surface area contributed by atoms with Crippen LogP contribution in [0.4, 0.5) is 11.4 Å². The van der Waals surface area contributed by atoms with Crippen molar-refractivity contribution in [3.05, 3.63) is 106 Å². The van der Waals surface area contributed by atoms with Crippen LogP contribution >= 0.6 is 35.3 Å². The maximum absolute atomic E-state index is 3.40. The first-order valence-corrected chi connectivity index (χ1v) is 15.2. The number of aryl methyl sites for hydroxylation is 2. The molecular formula is C33H23NS3. The van der Waals surface area contributed by atoms with E-state index in [1.807, 2.05) is 35.3 Å². The molecule has 0 saturated carbocycles. The molecule has 37 heavy (non-hydrogen) atoms. The Hall–Kier alpha value is -3.15. The summed E-state index contributed by atoms with van der Waals surface area (Å²) in [6.07, 6.45) is 2.30. The van der Waals surface area contributed by atoms with Crippen LogP contribution < -0.4 is 4.90 Å². The quantitative estimate of drug-likeness (QED) is 0.212. The average molecular weight is 530 g/mol. The zero-order valence-corrected chi connectivity index (χ0v) is 22.9. The van der Waals surface area contributed by atoms with Crippen LogP contribution in [0.5, 0.6) is 0 Å². The molecule has 0 saturated heterocycles. The number of hydrogen-bond donors (Lipinski definition) is 0. The molecule has 1 nitrogen and oxygen atoms in total. The van der Waals surface area contributed by atoms with Crippen molar-refractivity contribution in [1.82, 2.24) is 0 Å². The first-order chi connectivity index (χ1) is 18.2. The molecule has 0 atom stereocenters. The summed E-state index contributed by atoms with van der Waals surface area (Å²) in [5.41, 5.74) is 9.58. The molecular weight excluding hydrogens is 507 g/mol. The minimum Gasteiger partial charge on any atom is -0.343 e. The van der Waals surface area contributed by atoms with Crippen LogP contribution in [0.2, 0.25) is 0 Å². The van der Waals surface area contributed by atoms with Gasteiger partial charge in [0, 0.05) is 60.4 Å². The highest BCUT2D eigenvalue weighted by molar-refractivity contribution is 8.00. The molecule has 0 unspecified atom stereocenters. The van der Waals surface area contributed by atoms with Crippen LogP contribution in [-0.2, 0) is 12.8 Å². The van der Waals surface area contributed by atoms with E-state index < -0.39 is 0 Å². The lowest BCUT2D eigenvalue weighted by atomic mass is 10.1. The standard InChI is InChI=1S/C33H23NS3/c1-34-28-10-6-24(4-2-22-8-12-30-26(18-22)14-16-35-30)20-32(28)37-33-21-25(7-11-29(33)34)5-3-23-9-13-31-27(19-23)15-17-36-31/h6-13,18-21H,14-17H2,1H3. The van der Waals surface area contributed by atoms with Gasteiger partial charge in [0.2, 0.25) is 0 Å². The molecule has 0 radical (unpaired) electrons. The lowest BCUT2D eigenvalue weighted by Gasteiger charge is -2.29. The van der Waals surface area contributed by atoms with Crippen molar-refractivity contribution in [1.29, 1.82) is 0 Å². The Morgan fingerprint density at radius 3 is 1.46 bits per heavy atom. The van der Waals surface area contributed by atoms with Gasteiger partial charge in [-0.3, -0.25) is 0 Å². The molecule has 0 spiro atoms. The van der Waals surface area contributed by atoms with E-state index in [0.29, 0.717) is 0 Å². The summed E-state index contributed by atoms with van der Waals surface area (Å²) < 4.78 is 0. The van der Waals surface area contributed by atoms with E-state index in [9.17, 15) is 0 Å². The highest BCUT2D eigenvalue weighted by atomic mass is 32.2. The Morgan fingerprint density at radius 2 is 0.973 bits per heavy atom. The largest absolute Gasteiger partial charge is 0.343 e. The normalized spacial score (nSPS) is 14.5. The molecule has 0 aliphatic carbocycles. The molecule has 7 rings (SSSR count). The van der Waals surface area contributed by atoms with E-state index in [4.69, 9.17) is 0 Å². The molecule has 0 amide bonds. The Morgan fingerprint density at radius 1 is 0.541 bits per heavy atom. The third-order valence-electron chi connectivity index (χ3n) is 6.94. The summed E-state index contributed by atoms with van der Waals surface area (Å²) >= 11 is 5.69. The lowest BCUT2D eigenvalue weighted by Crippen LogP contribution is -2.14. The van der Waals surface area contributed by atoms with E-state index in [-0.39, 0.29) is 0 Å². The van der Waals surface area contributed by atoms with Crippen LogP contribution in [0.15, 0.2) is 92.4 Å². The molecule has 3 heterocycles. The highest BCUT2D eigenvalue weighted by Crippen LogP contribution is 2.47. The third-order valence-corrected chi connectivity index (χ3v) is 10.3. The molecule has 3 aliphatic heterocycles. The van der Waals surface area contributed by atoms with Crippen LogP contribution in [0, 0.1) is 23.7 Å². The zero-order chi connectivity index (χ0) is 24.8. The topological polar surface area (TPSA) is 3.24 Å². The Balaban J connectivity index is 1.14. The fourth-order valence-electron chi connectivity index (χ4n) is 4.97. The summed E-state index contributed by atoms with van der Waals surface area (Å²) in [5, 5.41) is 0. The van der Waals surface area contributed by atoms with E-state index in [1.54, 1.807) is 0 Å². The van der Waals surface area contributed by atoms with Crippen LogP contribution in [0.25, 0.3) is 0 Å². The van der Waals surface area contributed by atoms with Crippen molar-refractivity contribution >= 4 is 46.7 Å². The molecule has 0 N–H and O–H groups in total. The number of benzene rings is 4.